The first-order valence-corrected chi connectivity index (χ1v) is 6.86. The van der Waals surface area contributed by atoms with Crippen LogP contribution in [0.1, 0.15) is 56.2 Å². The average molecular weight is 267 g/mol. The first kappa shape index (κ1) is 15.7. The summed E-state index contributed by atoms with van der Waals surface area (Å²) in [6.45, 7) is 8.10. The highest BCUT2D eigenvalue weighted by molar-refractivity contribution is 5.92. The fourth-order valence-electron chi connectivity index (χ4n) is 1.88. The summed E-state index contributed by atoms with van der Waals surface area (Å²) in [6, 6.07) is 1.60. The molecule has 5 heteroatoms. The minimum Gasteiger partial charge on any atom is -0.394 e. The maximum absolute atomic E-state index is 12.2. The van der Waals surface area contributed by atoms with Gasteiger partial charge in [-0.15, -0.1) is 0 Å². The van der Waals surface area contributed by atoms with E-state index in [9.17, 15) is 9.90 Å². The van der Waals surface area contributed by atoms with Gasteiger partial charge in [0.15, 0.2) is 0 Å². The summed E-state index contributed by atoms with van der Waals surface area (Å²) in [4.78, 5) is 12.2. The molecule has 0 aliphatic heterocycles. The van der Waals surface area contributed by atoms with Gasteiger partial charge in [0, 0.05) is 7.05 Å². The molecular formula is C14H25N3O2. The highest BCUT2D eigenvalue weighted by Gasteiger charge is 2.21. The van der Waals surface area contributed by atoms with Crippen molar-refractivity contribution in [3.8, 4) is 0 Å². The zero-order valence-electron chi connectivity index (χ0n) is 12.5. The molecule has 5 nitrogen and oxygen atoms in total. The van der Waals surface area contributed by atoms with Crippen molar-refractivity contribution < 1.29 is 9.90 Å². The molecule has 0 spiro atoms. The van der Waals surface area contributed by atoms with Crippen LogP contribution in [0.2, 0.25) is 0 Å². The van der Waals surface area contributed by atoms with Gasteiger partial charge in [0.1, 0.15) is 5.69 Å². The van der Waals surface area contributed by atoms with Gasteiger partial charge < -0.3 is 10.4 Å². The van der Waals surface area contributed by atoms with Crippen molar-refractivity contribution in [1.29, 1.82) is 0 Å². The molecular weight excluding hydrogens is 242 g/mol. The van der Waals surface area contributed by atoms with Gasteiger partial charge in [-0.05, 0) is 17.9 Å². The largest absolute Gasteiger partial charge is 0.394 e. The van der Waals surface area contributed by atoms with Crippen LogP contribution in [0.3, 0.4) is 0 Å². The number of aliphatic hydroxyl groups excluding tert-OH is 1. The van der Waals surface area contributed by atoms with Crippen LogP contribution in [0.5, 0.6) is 0 Å². The van der Waals surface area contributed by atoms with Gasteiger partial charge in [0.2, 0.25) is 0 Å². The first-order valence-electron chi connectivity index (χ1n) is 6.86. The Bertz CT molecular complexity index is 426. The average Bonchev–Trinajstić information content (AvgIpc) is 2.77. The fraction of sp³-hybridized carbons (Fsp3) is 0.714. The summed E-state index contributed by atoms with van der Waals surface area (Å²) in [7, 11) is 1.76. The van der Waals surface area contributed by atoms with E-state index in [1.54, 1.807) is 11.7 Å². The van der Waals surface area contributed by atoms with Crippen LogP contribution >= 0.6 is 0 Å². The third-order valence-electron chi connectivity index (χ3n) is 3.57. The molecule has 0 aromatic carbocycles. The topological polar surface area (TPSA) is 67.2 Å². The van der Waals surface area contributed by atoms with Crippen molar-refractivity contribution >= 4 is 5.91 Å². The number of rotatable bonds is 6. The number of hydrogen-bond donors (Lipinski definition) is 2. The number of nitrogens with zero attached hydrogens (tertiary/aromatic N) is 2. The second kappa shape index (κ2) is 6.70. The monoisotopic (exact) mass is 267 g/mol. The maximum Gasteiger partial charge on any atom is 0.269 e. The van der Waals surface area contributed by atoms with Gasteiger partial charge in [0.25, 0.3) is 5.91 Å². The van der Waals surface area contributed by atoms with Crippen LogP contribution in [0.15, 0.2) is 6.07 Å². The molecule has 1 heterocycles. The highest BCUT2D eigenvalue weighted by Crippen LogP contribution is 2.14. The number of aliphatic hydroxyl groups is 1. The maximum atomic E-state index is 12.2. The fourth-order valence-corrected chi connectivity index (χ4v) is 1.88. The minimum atomic E-state index is -0.213. The molecule has 2 unspecified atom stereocenters. The molecule has 0 saturated heterocycles. The highest BCUT2D eigenvalue weighted by atomic mass is 16.3. The lowest BCUT2D eigenvalue weighted by Gasteiger charge is -2.21. The summed E-state index contributed by atoms with van der Waals surface area (Å²) in [5.41, 5.74) is 1.43. The Labute approximate surface area is 115 Å². The molecule has 1 aromatic rings. The Kier molecular flexibility index (Phi) is 5.54. The van der Waals surface area contributed by atoms with E-state index < -0.39 is 0 Å². The summed E-state index contributed by atoms with van der Waals surface area (Å²) in [5.74, 6) is 0.351. The van der Waals surface area contributed by atoms with Gasteiger partial charge in [-0.2, -0.15) is 5.10 Å². The van der Waals surface area contributed by atoms with Gasteiger partial charge >= 0.3 is 0 Å². The number of nitrogens with one attached hydrogen (secondary N) is 1. The SMILES string of the molecule is CCC(C)C(CO)NC(=O)c1cc(C(C)C)nn1C. The van der Waals surface area contributed by atoms with E-state index in [0.717, 1.165) is 12.1 Å². The molecule has 1 amide bonds. The molecule has 0 bridgehead atoms. The summed E-state index contributed by atoms with van der Waals surface area (Å²) < 4.78 is 1.59. The molecule has 0 aliphatic rings. The number of aromatic nitrogens is 2. The Morgan fingerprint density at radius 3 is 2.53 bits per heavy atom. The Hall–Kier alpha value is -1.36. The van der Waals surface area contributed by atoms with Gasteiger partial charge in [-0.1, -0.05) is 34.1 Å². The second-order valence-electron chi connectivity index (χ2n) is 5.38. The molecule has 0 aliphatic carbocycles. The summed E-state index contributed by atoms with van der Waals surface area (Å²) >= 11 is 0. The quantitative estimate of drug-likeness (QED) is 0.824. The lowest BCUT2D eigenvalue weighted by Crippen LogP contribution is -2.42. The molecule has 2 atom stereocenters. The number of hydrogen-bond acceptors (Lipinski definition) is 3. The van der Waals surface area contributed by atoms with Crippen LogP contribution < -0.4 is 5.32 Å². The Morgan fingerprint density at radius 1 is 1.47 bits per heavy atom. The Morgan fingerprint density at radius 2 is 2.11 bits per heavy atom. The third-order valence-corrected chi connectivity index (χ3v) is 3.57. The van der Waals surface area contributed by atoms with E-state index in [4.69, 9.17) is 0 Å². The van der Waals surface area contributed by atoms with Crippen molar-refractivity contribution in [3.05, 3.63) is 17.5 Å². The third kappa shape index (κ3) is 3.80. The van der Waals surface area contributed by atoms with Crippen LogP contribution in [0.25, 0.3) is 0 Å². The number of carbonyl (C=O) groups is 1. The first-order chi connectivity index (χ1) is 8.90. The summed E-state index contributed by atoms with van der Waals surface area (Å²) in [5, 5.41) is 16.5. The summed E-state index contributed by atoms with van der Waals surface area (Å²) in [6.07, 6.45) is 0.911. The van der Waals surface area contributed by atoms with E-state index >= 15 is 0 Å². The normalized spacial score (nSPS) is 14.5. The van der Waals surface area contributed by atoms with E-state index in [2.05, 4.69) is 10.4 Å². The standard InChI is InChI=1S/C14H25N3O2/c1-6-10(4)12(8-18)15-14(19)13-7-11(9(2)3)16-17(13)5/h7,9-10,12,18H,6,8H2,1-5H3,(H,15,19). The molecule has 0 radical (unpaired) electrons. The van der Waals surface area contributed by atoms with E-state index in [-0.39, 0.29) is 30.4 Å². The molecule has 1 aromatic heterocycles. The lowest BCUT2D eigenvalue weighted by molar-refractivity contribution is 0.0882. The van der Waals surface area contributed by atoms with E-state index in [1.807, 2.05) is 33.8 Å². The van der Waals surface area contributed by atoms with Crippen molar-refractivity contribution in [2.45, 2.75) is 46.1 Å². The van der Waals surface area contributed by atoms with Crippen molar-refractivity contribution in [1.82, 2.24) is 15.1 Å². The smallest absolute Gasteiger partial charge is 0.269 e. The lowest BCUT2D eigenvalue weighted by atomic mass is 10.00. The van der Waals surface area contributed by atoms with Crippen LogP contribution in [0.4, 0.5) is 0 Å². The minimum absolute atomic E-state index is 0.0460. The zero-order valence-corrected chi connectivity index (χ0v) is 12.5. The predicted molar refractivity (Wildman–Crippen MR) is 75.1 cm³/mol. The zero-order chi connectivity index (χ0) is 14.6. The number of carbonyl (C=O) groups excluding carboxylic acids is 1. The molecule has 108 valence electrons. The molecule has 2 N–H and O–H groups in total. The molecule has 0 fully saturated rings. The molecule has 1 rings (SSSR count). The Balaban J connectivity index is 2.82. The van der Waals surface area contributed by atoms with E-state index in [0.29, 0.717) is 5.69 Å². The van der Waals surface area contributed by atoms with Crippen LogP contribution in [0, 0.1) is 5.92 Å². The number of aryl methyl sites for hydroxylation is 1. The van der Waals surface area contributed by atoms with Gasteiger partial charge in [0.05, 0.1) is 18.3 Å². The molecule has 19 heavy (non-hydrogen) atoms. The van der Waals surface area contributed by atoms with Gasteiger partial charge in [-0.3, -0.25) is 9.48 Å². The van der Waals surface area contributed by atoms with Crippen molar-refractivity contribution in [3.63, 3.8) is 0 Å². The second-order valence-corrected chi connectivity index (χ2v) is 5.38. The predicted octanol–water partition coefficient (Wildman–Crippen LogP) is 1.68. The number of amides is 1. The van der Waals surface area contributed by atoms with Crippen molar-refractivity contribution in [2.75, 3.05) is 6.61 Å². The van der Waals surface area contributed by atoms with Crippen LogP contribution in [-0.2, 0) is 7.05 Å². The van der Waals surface area contributed by atoms with Crippen LogP contribution in [-0.4, -0.2) is 33.4 Å². The van der Waals surface area contributed by atoms with Crippen molar-refractivity contribution in [2.24, 2.45) is 13.0 Å². The van der Waals surface area contributed by atoms with E-state index in [1.165, 1.54) is 0 Å². The van der Waals surface area contributed by atoms with Gasteiger partial charge in [-0.25, -0.2) is 0 Å². The molecule has 0 saturated carbocycles.